The van der Waals surface area contributed by atoms with Gasteiger partial charge in [-0.15, -0.1) is 0 Å². The van der Waals surface area contributed by atoms with Crippen LogP contribution in [0.2, 0.25) is 0 Å². The quantitative estimate of drug-likeness (QED) is 0.833. The van der Waals surface area contributed by atoms with Crippen LogP contribution in [0, 0.1) is 17.2 Å². The molecule has 4 heteroatoms. The molecule has 1 N–H and O–H groups in total. The van der Waals surface area contributed by atoms with Gasteiger partial charge in [0.1, 0.15) is 11.7 Å². The van der Waals surface area contributed by atoms with Crippen LogP contribution in [-0.4, -0.2) is 23.1 Å². The molecule has 18 heavy (non-hydrogen) atoms. The number of nitrogens with one attached hydrogen (secondary N) is 1. The molecule has 0 unspecified atom stereocenters. The maximum Gasteiger partial charge on any atom is 0.139 e. The Hall–Kier alpha value is -2.02. The Balaban J connectivity index is 2.13. The highest BCUT2D eigenvalue weighted by atomic mass is 15.1. The molecule has 0 aliphatic carbocycles. The number of H-pyrrole nitrogens is 1. The average molecular weight is 240 g/mol. The van der Waals surface area contributed by atoms with Gasteiger partial charge in [-0.1, -0.05) is 6.92 Å². The van der Waals surface area contributed by atoms with E-state index in [-0.39, 0.29) is 0 Å². The van der Waals surface area contributed by atoms with E-state index in [4.69, 9.17) is 0 Å². The number of rotatable bonds is 1. The van der Waals surface area contributed by atoms with Crippen LogP contribution in [-0.2, 0) is 0 Å². The van der Waals surface area contributed by atoms with Crippen LogP contribution in [0.1, 0.15) is 25.3 Å². The number of aromatic nitrogens is 2. The van der Waals surface area contributed by atoms with Gasteiger partial charge < -0.3 is 9.88 Å². The summed E-state index contributed by atoms with van der Waals surface area (Å²) in [6, 6.07) is 4.28. The summed E-state index contributed by atoms with van der Waals surface area (Å²) in [5.41, 5.74) is 2.59. The minimum Gasteiger partial charge on any atom is -0.370 e. The minimum atomic E-state index is 0.677. The van der Waals surface area contributed by atoms with E-state index in [0.717, 1.165) is 29.8 Å². The zero-order valence-electron chi connectivity index (χ0n) is 10.5. The first kappa shape index (κ1) is 11.1. The highest BCUT2D eigenvalue weighted by Gasteiger charge is 2.21. The molecule has 2 aromatic heterocycles. The second-order valence-electron chi connectivity index (χ2n) is 5.07. The van der Waals surface area contributed by atoms with E-state index in [9.17, 15) is 5.26 Å². The number of nitriles is 1. The lowest BCUT2D eigenvalue weighted by Gasteiger charge is -2.33. The monoisotopic (exact) mass is 240 g/mol. The summed E-state index contributed by atoms with van der Waals surface area (Å²) in [6.45, 7) is 4.33. The van der Waals surface area contributed by atoms with E-state index in [0.29, 0.717) is 11.5 Å². The molecule has 4 nitrogen and oxygen atoms in total. The first-order valence-corrected chi connectivity index (χ1v) is 6.40. The van der Waals surface area contributed by atoms with Gasteiger partial charge in [-0.3, -0.25) is 0 Å². The van der Waals surface area contributed by atoms with Crippen molar-refractivity contribution in [1.82, 2.24) is 9.97 Å². The van der Waals surface area contributed by atoms with Gasteiger partial charge in [0.2, 0.25) is 0 Å². The van der Waals surface area contributed by atoms with E-state index in [1.54, 1.807) is 6.20 Å². The second kappa shape index (κ2) is 4.34. The van der Waals surface area contributed by atoms with Gasteiger partial charge in [0.25, 0.3) is 0 Å². The summed E-state index contributed by atoms with van der Waals surface area (Å²) in [7, 11) is 0. The number of piperidine rings is 1. The number of pyridine rings is 1. The van der Waals surface area contributed by atoms with Gasteiger partial charge in [-0.05, 0) is 24.8 Å². The molecule has 0 radical (unpaired) electrons. The third-order valence-corrected chi connectivity index (χ3v) is 3.65. The summed E-state index contributed by atoms with van der Waals surface area (Å²) in [5.74, 6) is 0.687. The largest absolute Gasteiger partial charge is 0.370 e. The maximum atomic E-state index is 9.29. The highest BCUT2D eigenvalue weighted by Crippen LogP contribution is 2.31. The van der Waals surface area contributed by atoms with E-state index >= 15 is 0 Å². The molecule has 0 spiro atoms. The van der Waals surface area contributed by atoms with Crippen molar-refractivity contribution in [3.05, 3.63) is 24.0 Å². The molecule has 2 aromatic rings. The third kappa shape index (κ3) is 1.72. The molecule has 1 saturated heterocycles. The lowest BCUT2D eigenvalue weighted by molar-refractivity contribution is 0.447. The molecule has 0 aromatic carbocycles. The van der Waals surface area contributed by atoms with E-state index in [1.807, 2.05) is 12.3 Å². The first-order valence-electron chi connectivity index (χ1n) is 6.40. The normalized spacial score (nSPS) is 20.0. The Labute approximate surface area is 106 Å². The Bertz CT molecular complexity index is 608. The van der Waals surface area contributed by atoms with Crippen molar-refractivity contribution in [2.75, 3.05) is 18.0 Å². The predicted molar refractivity (Wildman–Crippen MR) is 71.4 cm³/mol. The van der Waals surface area contributed by atoms with Crippen molar-refractivity contribution in [2.45, 2.75) is 19.8 Å². The van der Waals surface area contributed by atoms with Crippen LogP contribution >= 0.6 is 0 Å². The molecule has 1 atom stereocenters. The predicted octanol–water partition coefficient (Wildman–Crippen LogP) is 2.67. The minimum absolute atomic E-state index is 0.677. The van der Waals surface area contributed by atoms with Crippen LogP contribution in [0.5, 0.6) is 0 Å². The molecule has 0 saturated carbocycles. The van der Waals surface area contributed by atoms with Crippen LogP contribution in [0.25, 0.3) is 11.0 Å². The summed E-state index contributed by atoms with van der Waals surface area (Å²) in [5, 5.41) is 10.3. The lowest BCUT2D eigenvalue weighted by atomic mass is 9.98. The van der Waals surface area contributed by atoms with Gasteiger partial charge >= 0.3 is 0 Å². The van der Waals surface area contributed by atoms with Gasteiger partial charge in [0.15, 0.2) is 0 Å². The number of hydrogen-bond donors (Lipinski definition) is 1. The van der Waals surface area contributed by atoms with Crippen molar-refractivity contribution in [3.63, 3.8) is 0 Å². The summed E-state index contributed by atoms with van der Waals surface area (Å²) in [6.07, 6.45) is 6.03. The fraction of sp³-hybridized carbons (Fsp3) is 0.429. The van der Waals surface area contributed by atoms with Gasteiger partial charge in [-0.2, -0.15) is 5.26 Å². The van der Waals surface area contributed by atoms with Gasteiger partial charge in [-0.25, -0.2) is 4.98 Å². The topological polar surface area (TPSA) is 55.7 Å². The van der Waals surface area contributed by atoms with Crippen molar-refractivity contribution in [3.8, 4) is 6.07 Å². The van der Waals surface area contributed by atoms with Gasteiger partial charge in [0.05, 0.1) is 11.3 Å². The Morgan fingerprint density at radius 3 is 3.22 bits per heavy atom. The molecule has 1 aliphatic heterocycles. The smallest absolute Gasteiger partial charge is 0.139 e. The molecule has 1 aliphatic rings. The molecule has 3 rings (SSSR count). The van der Waals surface area contributed by atoms with E-state index in [1.165, 1.54) is 12.8 Å². The molecule has 0 amide bonds. The third-order valence-electron chi connectivity index (χ3n) is 3.65. The van der Waals surface area contributed by atoms with Crippen LogP contribution in [0.15, 0.2) is 18.5 Å². The SMILES string of the molecule is C[C@@H]1CCCN(c2c(C#N)cnc3[nH]ccc23)C1. The number of aromatic amines is 1. The Kier molecular flexibility index (Phi) is 2.67. The number of fused-ring (bicyclic) bond motifs is 1. The summed E-state index contributed by atoms with van der Waals surface area (Å²) < 4.78 is 0. The van der Waals surface area contributed by atoms with Crippen molar-refractivity contribution in [2.24, 2.45) is 5.92 Å². The lowest BCUT2D eigenvalue weighted by Crippen LogP contribution is -2.34. The standard InChI is InChI=1S/C14H16N4/c1-10-3-2-6-18(9-10)13-11(7-15)8-17-14-12(13)4-5-16-14/h4-5,8,10H,2-3,6,9H2,1H3,(H,16,17)/t10-/m1/s1. The molecular weight excluding hydrogens is 224 g/mol. The van der Waals surface area contributed by atoms with Crippen molar-refractivity contribution >= 4 is 16.7 Å². The Morgan fingerprint density at radius 2 is 2.44 bits per heavy atom. The highest BCUT2D eigenvalue weighted by molar-refractivity contribution is 5.93. The van der Waals surface area contributed by atoms with Crippen LogP contribution in [0.4, 0.5) is 5.69 Å². The second-order valence-corrected chi connectivity index (χ2v) is 5.07. The molecule has 3 heterocycles. The fourth-order valence-electron chi connectivity index (χ4n) is 2.81. The van der Waals surface area contributed by atoms with Gasteiger partial charge in [0, 0.05) is 30.9 Å². The number of hydrogen-bond acceptors (Lipinski definition) is 3. The average Bonchev–Trinajstić information content (AvgIpc) is 2.85. The fourth-order valence-corrected chi connectivity index (χ4v) is 2.81. The molecule has 1 fully saturated rings. The van der Waals surface area contributed by atoms with E-state index < -0.39 is 0 Å². The zero-order valence-corrected chi connectivity index (χ0v) is 10.5. The summed E-state index contributed by atoms with van der Waals surface area (Å²) >= 11 is 0. The number of nitrogens with zero attached hydrogens (tertiary/aromatic N) is 3. The zero-order chi connectivity index (χ0) is 12.5. The maximum absolute atomic E-state index is 9.29. The van der Waals surface area contributed by atoms with Crippen molar-refractivity contribution in [1.29, 1.82) is 5.26 Å². The Morgan fingerprint density at radius 1 is 1.56 bits per heavy atom. The van der Waals surface area contributed by atoms with E-state index in [2.05, 4.69) is 27.9 Å². The van der Waals surface area contributed by atoms with Crippen LogP contribution in [0.3, 0.4) is 0 Å². The summed E-state index contributed by atoms with van der Waals surface area (Å²) in [4.78, 5) is 9.73. The first-order chi connectivity index (χ1) is 8.79. The number of anilines is 1. The van der Waals surface area contributed by atoms with Crippen molar-refractivity contribution < 1.29 is 0 Å². The van der Waals surface area contributed by atoms with Crippen LogP contribution < -0.4 is 4.90 Å². The molecule has 0 bridgehead atoms. The molecular formula is C14H16N4. The molecule has 92 valence electrons.